The van der Waals surface area contributed by atoms with E-state index in [0.717, 1.165) is 38.0 Å². The summed E-state index contributed by atoms with van der Waals surface area (Å²) >= 11 is 0. The molecule has 168 valence electrons. The Bertz CT molecular complexity index is 593. The summed E-state index contributed by atoms with van der Waals surface area (Å²) < 4.78 is 39.2. The first kappa shape index (κ1) is 21.9. The van der Waals surface area contributed by atoms with E-state index in [2.05, 4.69) is 13.8 Å². The minimum Gasteiger partial charge on any atom is -0.240 e. The van der Waals surface area contributed by atoms with Gasteiger partial charge in [0.2, 0.25) is 0 Å². The lowest BCUT2D eigenvalue weighted by atomic mass is 9.44. The molecule has 0 bridgehead atoms. The number of hydrogen-bond donors (Lipinski definition) is 0. The van der Waals surface area contributed by atoms with Gasteiger partial charge in [0.25, 0.3) is 0 Å². The lowest BCUT2D eigenvalue weighted by Gasteiger charge is -2.61. The molecule has 4 aliphatic carbocycles. The highest BCUT2D eigenvalue weighted by molar-refractivity contribution is 5.09. The van der Waals surface area contributed by atoms with Gasteiger partial charge in [-0.3, -0.25) is 0 Å². The predicted molar refractivity (Wildman–Crippen MR) is 107 cm³/mol. The topological polar surface area (TPSA) is 18.5 Å². The Morgan fingerprint density at radius 3 is 2.31 bits per heavy atom. The SMILES string of the molecule is COOC1CCC2(C)C(CCC3C2CCC2(C)C3CCC2[C@H](C)CC(F)(F)F)C1. The summed E-state index contributed by atoms with van der Waals surface area (Å²) in [5.41, 5.74) is 0.471. The van der Waals surface area contributed by atoms with Gasteiger partial charge in [0.1, 0.15) is 0 Å². The van der Waals surface area contributed by atoms with E-state index in [1.165, 1.54) is 25.7 Å². The molecular weight excluding hydrogens is 377 g/mol. The lowest BCUT2D eigenvalue weighted by Crippen LogP contribution is -2.54. The highest BCUT2D eigenvalue weighted by Crippen LogP contribution is 2.68. The number of rotatable bonds is 4. The summed E-state index contributed by atoms with van der Waals surface area (Å²) in [5, 5.41) is 0. The zero-order chi connectivity index (χ0) is 21.0. The van der Waals surface area contributed by atoms with Crippen LogP contribution in [0.25, 0.3) is 0 Å². The normalized spacial score (nSPS) is 48.5. The number of hydrogen-bond acceptors (Lipinski definition) is 2. The fraction of sp³-hybridized carbons (Fsp3) is 1.00. The second-order valence-corrected chi connectivity index (χ2v) is 11.3. The van der Waals surface area contributed by atoms with Crippen LogP contribution in [0.4, 0.5) is 13.2 Å². The highest BCUT2D eigenvalue weighted by atomic mass is 19.4. The van der Waals surface area contributed by atoms with Gasteiger partial charge in [0, 0.05) is 6.42 Å². The van der Waals surface area contributed by atoms with E-state index in [1.807, 2.05) is 6.92 Å². The van der Waals surface area contributed by atoms with Crippen molar-refractivity contribution in [3.05, 3.63) is 0 Å². The predicted octanol–water partition coefficient (Wildman–Crippen LogP) is 7.18. The molecule has 5 heteroatoms. The Balaban J connectivity index is 1.50. The van der Waals surface area contributed by atoms with Crippen molar-refractivity contribution < 1.29 is 22.9 Å². The van der Waals surface area contributed by atoms with Crippen LogP contribution in [0.2, 0.25) is 0 Å². The molecule has 0 amide bonds. The third-order valence-corrected chi connectivity index (χ3v) is 10.2. The molecule has 0 N–H and O–H groups in total. The van der Waals surface area contributed by atoms with E-state index in [1.54, 1.807) is 7.11 Å². The minimum absolute atomic E-state index is 0.103. The smallest absolute Gasteiger partial charge is 0.240 e. The quantitative estimate of drug-likeness (QED) is 0.357. The fourth-order valence-electron chi connectivity index (χ4n) is 8.92. The molecule has 4 rings (SSSR count). The maximum absolute atomic E-state index is 13.1. The zero-order valence-electron chi connectivity index (χ0n) is 18.6. The highest BCUT2D eigenvalue weighted by Gasteiger charge is 2.61. The molecule has 0 saturated heterocycles. The van der Waals surface area contributed by atoms with Crippen LogP contribution in [0.5, 0.6) is 0 Å². The lowest BCUT2D eigenvalue weighted by molar-refractivity contribution is -0.318. The van der Waals surface area contributed by atoms with Crippen LogP contribution in [-0.4, -0.2) is 19.4 Å². The van der Waals surface area contributed by atoms with Crippen molar-refractivity contribution >= 4 is 0 Å². The summed E-state index contributed by atoms with van der Waals surface area (Å²) in [6.07, 6.45) is 5.88. The fourth-order valence-corrected chi connectivity index (χ4v) is 8.92. The molecule has 0 radical (unpaired) electrons. The van der Waals surface area contributed by atoms with Gasteiger partial charge in [-0.1, -0.05) is 20.8 Å². The van der Waals surface area contributed by atoms with Gasteiger partial charge in [0.05, 0.1) is 13.2 Å². The van der Waals surface area contributed by atoms with E-state index < -0.39 is 12.6 Å². The van der Waals surface area contributed by atoms with Crippen molar-refractivity contribution in [2.24, 2.45) is 46.3 Å². The average Bonchev–Trinajstić information content (AvgIpc) is 2.98. The first-order chi connectivity index (χ1) is 13.6. The number of fused-ring (bicyclic) bond motifs is 5. The number of alkyl halides is 3. The van der Waals surface area contributed by atoms with Crippen LogP contribution in [-0.2, 0) is 9.78 Å². The molecular formula is C24H39F3O2. The molecule has 0 aliphatic heterocycles. The average molecular weight is 417 g/mol. The summed E-state index contributed by atoms with van der Waals surface area (Å²) in [6.45, 7) is 6.71. The van der Waals surface area contributed by atoms with E-state index in [4.69, 9.17) is 9.78 Å². The Hall–Kier alpha value is -0.290. The summed E-state index contributed by atoms with van der Waals surface area (Å²) in [5.74, 6) is 2.73. The van der Waals surface area contributed by atoms with Crippen LogP contribution in [0, 0.1) is 46.3 Å². The Kier molecular flexibility index (Phi) is 5.81. The van der Waals surface area contributed by atoms with Crippen LogP contribution >= 0.6 is 0 Å². The van der Waals surface area contributed by atoms with Crippen molar-refractivity contribution in [1.82, 2.24) is 0 Å². The third kappa shape index (κ3) is 3.77. The molecule has 4 saturated carbocycles. The molecule has 29 heavy (non-hydrogen) atoms. The Labute approximate surface area is 174 Å². The van der Waals surface area contributed by atoms with Crippen LogP contribution in [0.15, 0.2) is 0 Å². The van der Waals surface area contributed by atoms with E-state index in [-0.39, 0.29) is 23.4 Å². The maximum atomic E-state index is 13.1. The third-order valence-electron chi connectivity index (χ3n) is 10.2. The molecule has 4 aliphatic rings. The Morgan fingerprint density at radius 1 is 0.931 bits per heavy atom. The standard InChI is InChI=1S/C24H39F3O2/c1-15(14-24(25,26)27)19-7-8-20-18-6-5-16-13-17(29-28-4)9-11-22(16,2)21(18)10-12-23(19,20)3/h15-21H,5-14H2,1-4H3/t15-,16?,17?,18?,19?,20?,21?,22?,23?/m1/s1. The van der Waals surface area contributed by atoms with Crippen molar-refractivity contribution in [3.63, 3.8) is 0 Å². The van der Waals surface area contributed by atoms with Crippen molar-refractivity contribution in [1.29, 1.82) is 0 Å². The maximum Gasteiger partial charge on any atom is 0.389 e. The molecule has 0 aromatic heterocycles. The van der Waals surface area contributed by atoms with E-state index >= 15 is 0 Å². The van der Waals surface area contributed by atoms with Crippen LogP contribution in [0.3, 0.4) is 0 Å². The molecule has 0 aromatic carbocycles. The van der Waals surface area contributed by atoms with Gasteiger partial charge < -0.3 is 0 Å². The Morgan fingerprint density at radius 2 is 1.62 bits per heavy atom. The van der Waals surface area contributed by atoms with Gasteiger partial charge in [-0.05, 0) is 104 Å². The first-order valence-corrected chi connectivity index (χ1v) is 11.8. The molecule has 8 unspecified atom stereocenters. The van der Waals surface area contributed by atoms with Gasteiger partial charge in [-0.15, -0.1) is 0 Å². The van der Waals surface area contributed by atoms with E-state index in [0.29, 0.717) is 23.2 Å². The summed E-state index contributed by atoms with van der Waals surface area (Å²) in [7, 11) is 1.60. The minimum atomic E-state index is -4.04. The van der Waals surface area contributed by atoms with Gasteiger partial charge >= 0.3 is 6.18 Å². The molecule has 0 aromatic rings. The molecule has 9 atom stereocenters. The second-order valence-electron chi connectivity index (χ2n) is 11.3. The monoisotopic (exact) mass is 416 g/mol. The van der Waals surface area contributed by atoms with Crippen LogP contribution in [0.1, 0.15) is 85.0 Å². The molecule has 0 spiro atoms. The molecule has 0 heterocycles. The zero-order valence-corrected chi connectivity index (χ0v) is 18.6. The van der Waals surface area contributed by atoms with E-state index in [9.17, 15) is 13.2 Å². The first-order valence-electron chi connectivity index (χ1n) is 11.8. The largest absolute Gasteiger partial charge is 0.389 e. The van der Waals surface area contributed by atoms with Crippen molar-refractivity contribution in [2.45, 2.75) is 97.3 Å². The second kappa shape index (κ2) is 7.69. The van der Waals surface area contributed by atoms with Gasteiger partial charge in [-0.25, -0.2) is 9.78 Å². The van der Waals surface area contributed by atoms with Crippen molar-refractivity contribution in [2.75, 3.05) is 7.11 Å². The number of halogens is 3. The van der Waals surface area contributed by atoms with Crippen molar-refractivity contribution in [3.8, 4) is 0 Å². The molecule has 4 fully saturated rings. The van der Waals surface area contributed by atoms with Gasteiger partial charge in [0.15, 0.2) is 0 Å². The van der Waals surface area contributed by atoms with Gasteiger partial charge in [-0.2, -0.15) is 13.2 Å². The molecule has 2 nitrogen and oxygen atoms in total. The van der Waals surface area contributed by atoms with Crippen LogP contribution < -0.4 is 0 Å². The summed E-state index contributed by atoms with van der Waals surface area (Å²) in [6, 6.07) is 0. The summed E-state index contributed by atoms with van der Waals surface area (Å²) in [4.78, 5) is 10.4.